The zero-order valence-electron chi connectivity index (χ0n) is 6.18. The van der Waals surface area contributed by atoms with E-state index in [0.717, 1.165) is 0 Å². The van der Waals surface area contributed by atoms with Crippen LogP contribution in [0.4, 0.5) is 0 Å². The van der Waals surface area contributed by atoms with Crippen molar-refractivity contribution in [3.8, 4) is 0 Å². The molecule has 0 saturated carbocycles. The van der Waals surface area contributed by atoms with Gasteiger partial charge in [0.15, 0.2) is 0 Å². The van der Waals surface area contributed by atoms with E-state index in [2.05, 4.69) is 52.2 Å². The largest absolute Gasteiger partial charge is 0.310 e. The molecular weight excluding hydrogens is 249 g/mol. The molecule has 0 spiro atoms. The number of hydrogen-bond donors (Lipinski definition) is 1. The van der Waals surface area contributed by atoms with Crippen molar-refractivity contribution in [2.45, 2.75) is 12.5 Å². The number of nitrogens with one attached hydrogen (secondary N) is 1. The number of rotatable bonds is 1. The topological polar surface area (TPSA) is 12.0 Å². The molecule has 0 bridgehead atoms. The molecule has 1 fully saturated rings. The standard InChI is InChI=1S/C9H10IN/c10-8-3-1-2-7(6-8)9-4-5-11-9/h1-3,6,9,11H,4-5H2/t9-/m1/s1. The Balaban J connectivity index is 2.23. The van der Waals surface area contributed by atoms with Gasteiger partial charge in [0.2, 0.25) is 0 Å². The van der Waals surface area contributed by atoms with Crippen molar-refractivity contribution in [2.75, 3.05) is 6.54 Å². The summed E-state index contributed by atoms with van der Waals surface area (Å²) < 4.78 is 1.33. The molecule has 0 aromatic heterocycles. The van der Waals surface area contributed by atoms with E-state index in [1.54, 1.807) is 0 Å². The average Bonchev–Trinajstić information content (AvgIpc) is 1.83. The Morgan fingerprint density at radius 1 is 1.45 bits per heavy atom. The molecule has 1 N–H and O–H groups in total. The summed E-state index contributed by atoms with van der Waals surface area (Å²) in [6.07, 6.45) is 1.29. The highest BCUT2D eigenvalue weighted by molar-refractivity contribution is 14.1. The summed E-state index contributed by atoms with van der Waals surface area (Å²) in [5, 5.41) is 3.39. The molecule has 1 aliphatic rings. The van der Waals surface area contributed by atoms with Crippen molar-refractivity contribution in [3.63, 3.8) is 0 Å². The minimum atomic E-state index is 0.629. The van der Waals surface area contributed by atoms with Crippen LogP contribution in [0.15, 0.2) is 24.3 Å². The van der Waals surface area contributed by atoms with E-state index in [-0.39, 0.29) is 0 Å². The van der Waals surface area contributed by atoms with Crippen LogP contribution in [0.1, 0.15) is 18.0 Å². The van der Waals surface area contributed by atoms with Gasteiger partial charge in [-0.2, -0.15) is 0 Å². The third-order valence-electron chi connectivity index (χ3n) is 2.07. The Morgan fingerprint density at radius 3 is 2.82 bits per heavy atom. The lowest BCUT2D eigenvalue weighted by molar-refractivity contribution is 0.383. The van der Waals surface area contributed by atoms with Crippen molar-refractivity contribution >= 4 is 22.6 Å². The second-order valence-electron chi connectivity index (χ2n) is 2.85. The molecular formula is C9H10IN. The van der Waals surface area contributed by atoms with Crippen LogP contribution in [0.25, 0.3) is 0 Å². The molecule has 0 unspecified atom stereocenters. The molecule has 1 aromatic rings. The highest BCUT2D eigenvalue weighted by Crippen LogP contribution is 2.23. The van der Waals surface area contributed by atoms with Crippen molar-refractivity contribution in [3.05, 3.63) is 33.4 Å². The van der Waals surface area contributed by atoms with Crippen LogP contribution in [-0.4, -0.2) is 6.54 Å². The molecule has 1 heterocycles. The first kappa shape index (κ1) is 7.55. The van der Waals surface area contributed by atoms with Gasteiger partial charge in [-0.3, -0.25) is 0 Å². The van der Waals surface area contributed by atoms with Crippen LogP contribution in [0.3, 0.4) is 0 Å². The normalized spacial score (nSPS) is 22.8. The Morgan fingerprint density at radius 2 is 2.27 bits per heavy atom. The smallest absolute Gasteiger partial charge is 0.0332 e. The lowest BCUT2D eigenvalue weighted by atomic mass is 9.98. The second kappa shape index (κ2) is 3.11. The number of benzene rings is 1. The van der Waals surface area contributed by atoms with Crippen LogP contribution in [0.2, 0.25) is 0 Å². The van der Waals surface area contributed by atoms with Crippen LogP contribution in [0, 0.1) is 3.57 Å². The van der Waals surface area contributed by atoms with Gasteiger partial charge >= 0.3 is 0 Å². The first-order valence-corrected chi connectivity index (χ1v) is 4.93. The molecule has 0 radical (unpaired) electrons. The minimum absolute atomic E-state index is 0.629. The van der Waals surface area contributed by atoms with Gasteiger partial charge in [0, 0.05) is 9.61 Å². The molecule has 2 heteroatoms. The summed E-state index contributed by atoms with van der Waals surface area (Å²) in [6, 6.07) is 9.32. The van der Waals surface area contributed by atoms with Crippen molar-refractivity contribution in [2.24, 2.45) is 0 Å². The lowest BCUT2D eigenvalue weighted by Crippen LogP contribution is -2.34. The summed E-state index contributed by atoms with van der Waals surface area (Å²) in [5.41, 5.74) is 1.43. The monoisotopic (exact) mass is 259 g/mol. The van der Waals surface area contributed by atoms with Gasteiger partial charge in [0.25, 0.3) is 0 Å². The molecule has 58 valence electrons. The van der Waals surface area contributed by atoms with E-state index in [1.807, 2.05) is 0 Å². The van der Waals surface area contributed by atoms with Crippen LogP contribution in [0.5, 0.6) is 0 Å². The molecule has 1 aromatic carbocycles. The van der Waals surface area contributed by atoms with Crippen molar-refractivity contribution in [1.29, 1.82) is 0 Å². The number of halogens is 1. The van der Waals surface area contributed by atoms with Gasteiger partial charge in [-0.1, -0.05) is 12.1 Å². The fraction of sp³-hybridized carbons (Fsp3) is 0.333. The van der Waals surface area contributed by atoms with Crippen LogP contribution < -0.4 is 5.32 Å². The SMILES string of the molecule is Ic1cccc([C@H]2CCN2)c1. The van der Waals surface area contributed by atoms with Crippen molar-refractivity contribution < 1.29 is 0 Å². The van der Waals surface area contributed by atoms with Crippen LogP contribution in [-0.2, 0) is 0 Å². The van der Waals surface area contributed by atoms with Crippen molar-refractivity contribution in [1.82, 2.24) is 5.32 Å². The zero-order chi connectivity index (χ0) is 7.68. The Kier molecular flexibility index (Phi) is 2.13. The van der Waals surface area contributed by atoms with E-state index in [1.165, 1.54) is 22.1 Å². The molecule has 2 rings (SSSR count). The van der Waals surface area contributed by atoms with Crippen LogP contribution >= 0.6 is 22.6 Å². The molecule has 1 nitrogen and oxygen atoms in total. The third kappa shape index (κ3) is 1.56. The summed E-state index contributed by atoms with van der Waals surface area (Å²) >= 11 is 2.35. The molecule has 11 heavy (non-hydrogen) atoms. The Hall–Kier alpha value is -0.0900. The van der Waals surface area contributed by atoms with Gasteiger partial charge in [0.1, 0.15) is 0 Å². The summed E-state index contributed by atoms with van der Waals surface area (Å²) in [7, 11) is 0. The number of hydrogen-bond acceptors (Lipinski definition) is 1. The Bertz CT molecular complexity index is 255. The van der Waals surface area contributed by atoms with Gasteiger partial charge in [0.05, 0.1) is 0 Å². The average molecular weight is 259 g/mol. The second-order valence-corrected chi connectivity index (χ2v) is 4.10. The summed E-state index contributed by atoms with van der Waals surface area (Å²) in [4.78, 5) is 0. The third-order valence-corrected chi connectivity index (χ3v) is 2.75. The molecule has 1 saturated heterocycles. The predicted octanol–water partition coefficient (Wildman–Crippen LogP) is 2.33. The molecule has 1 atom stereocenters. The predicted molar refractivity (Wildman–Crippen MR) is 54.5 cm³/mol. The fourth-order valence-corrected chi connectivity index (χ4v) is 1.86. The maximum absolute atomic E-state index is 3.39. The Labute approximate surface area is 80.3 Å². The zero-order valence-corrected chi connectivity index (χ0v) is 8.34. The van der Waals surface area contributed by atoms with E-state index in [0.29, 0.717) is 6.04 Å². The van der Waals surface area contributed by atoms with Gasteiger partial charge in [-0.15, -0.1) is 0 Å². The quantitative estimate of drug-likeness (QED) is 0.763. The molecule has 1 aliphatic heterocycles. The maximum atomic E-state index is 3.39. The van der Waals surface area contributed by atoms with E-state index in [4.69, 9.17) is 0 Å². The first-order chi connectivity index (χ1) is 5.36. The lowest BCUT2D eigenvalue weighted by Gasteiger charge is -2.28. The summed E-state index contributed by atoms with van der Waals surface area (Å²) in [5.74, 6) is 0. The van der Waals surface area contributed by atoms with Gasteiger partial charge < -0.3 is 5.32 Å². The minimum Gasteiger partial charge on any atom is -0.310 e. The van der Waals surface area contributed by atoms with E-state index >= 15 is 0 Å². The molecule has 0 aliphatic carbocycles. The first-order valence-electron chi connectivity index (χ1n) is 3.85. The van der Waals surface area contributed by atoms with E-state index < -0.39 is 0 Å². The highest BCUT2D eigenvalue weighted by atomic mass is 127. The maximum Gasteiger partial charge on any atom is 0.0332 e. The highest BCUT2D eigenvalue weighted by Gasteiger charge is 2.17. The van der Waals surface area contributed by atoms with Gasteiger partial charge in [-0.25, -0.2) is 0 Å². The van der Waals surface area contributed by atoms with E-state index in [9.17, 15) is 0 Å². The van der Waals surface area contributed by atoms with Gasteiger partial charge in [-0.05, 0) is 53.3 Å². The fourth-order valence-electron chi connectivity index (χ4n) is 1.30. The summed E-state index contributed by atoms with van der Waals surface area (Å²) in [6.45, 7) is 1.18. The molecule has 0 amide bonds.